The van der Waals surface area contributed by atoms with Gasteiger partial charge in [-0.05, 0) is 54.0 Å². The second kappa shape index (κ2) is 8.62. The molecule has 0 bridgehead atoms. The Balaban J connectivity index is 1.50. The number of hydrogen-bond donors (Lipinski definition) is 1. The predicted molar refractivity (Wildman–Crippen MR) is 103 cm³/mol. The number of aryl methyl sites for hydroxylation is 2. The summed E-state index contributed by atoms with van der Waals surface area (Å²) in [5.41, 5.74) is 4.55. The Morgan fingerprint density at radius 2 is 1.88 bits per heavy atom. The van der Waals surface area contributed by atoms with Crippen molar-refractivity contribution in [1.29, 1.82) is 0 Å². The van der Waals surface area contributed by atoms with Gasteiger partial charge in [0.05, 0.1) is 11.4 Å². The van der Waals surface area contributed by atoms with Crippen LogP contribution in [0.5, 0.6) is 0 Å². The summed E-state index contributed by atoms with van der Waals surface area (Å²) in [5.74, 6) is 0.252. The second-order valence-electron chi connectivity index (χ2n) is 6.02. The molecule has 6 nitrogen and oxygen atoms in total. The van der Waals surface area contributed by atoms with Crippen molar-refractivity contribution in [3.63, 3.8) is 0 Å². The zero-order valence-corrected chi connectivity index (χ0v) is 15.7. The first-order valence-corrected chi connectivity index (χ1v) is 9.41. The Hall–Kier alpha value is -2.67. The average Bonchev–Trinajstić information content (AvgIpc) is 3.11. The second-order valence-corrected chi connectivity index (χ2v) is 6.97. The van der Waals surface area contributed by atoms with Crippen molar-refractivity contribution in [2.45, 2.75) is 25.4 Å². The molecule has 0 saturated carbocycles. The molecule has 0 unspecified atom stereocenters. The van der Waals surface area contributed by atoms with Crippen molar-refractivity contribution < 1.29 is 4.79 Å². The fourth-order valence-electron chi connectivity index (χ4n) is 2.53. The van der Waals surface area contributed by atoms with E-state index in [1.807, 2.05) is 43.3 Å². The standard InChI is InChI=1S/C19H21N5OS/c1-14-7-9-17(10-8-14)24-19(21-22-23-24)26-13-18(25)20-12-11-16-6-4-3-5-15(16)2/h3-10H,11-13H2,1-2H3,(H,20,25). The Bertz CT molecular complexity index is 876. The van der Waals surface area contributed by atoms with E-state index in [0.717, 1.165) is 12.1 Å². The van der Waals surface area contributed by atoms with Gasteiger partial charge in [0, 0.05) is 6.54 Å². The van der Waals surface area contributed by atoms with E-state index in [2.05, 4.69) is 39.9 Å². The van der Waals surface area contributed by atoms with Crippen LogP contribution in [-0.2, 0) is 11.2 Å². The summed E-state index contributed by atoms with van der Waals surface area (Å²) in [6.07, 6.45) is 0.824. The third-order valence-electron chi connectivity index (χ3n) is 4.03. The molecular formula is C19H21N5OS. The summed E-state index contributed by atoms with van der Waals surface area (Å²) in [7, 11) is 0. The molecule has 0 fully saturated rings. The van der Waals surface area contributed by atoms with Crippen LogP contribution in [0.2, 0.25) is 0 Å². The van der Waals surface area contributed by atoms with Crippen molar-refractivity contribution >= 4 is 17.7 Å². The lowest BCUT2D eigenvalue weighted by Gasteiger charge is -2.07. The highest BCUT2D eigenvalue weighted by Crippen LogP contribution is 2.18. The highest BCUT2D eigenvalue weighted by molar-refractivity contribution is 7.99. The van der Waals surface area contributed by atoms with Crippen LogP contribution in [0.25, 0.3) is 5.69 Å². The molecule has 0 aliphatic rings. The highest BCUT2D eigenvalue weighted by Gasteiger charge is 2.11. The lowest BCUT2D eigenvalue weighted by molar-refractivity contribution is -0.118. The van der Waals surface area contributed by atoms with E-state index in [-0.39, 0.29) is 11.7 Å². The number of carbonyl (C=O) groups excluding carboxylic acids is 1. The van der Waals surface area contributed by atoms with Gasteiger partial charge in [-0.1, -0.05) is 53.7 Å². The van der Waals surface area contributed by atoms with Crippen molar-refractivity contribution in [2.75, 3.05) is 12.3 Å². The van der Waals surface area contributed by atoms with E-state index in [0.29, 0.717) is 11.7 Å². The van der Waals surface area contributed by atoms with Gasteiger partial charge in [-0.3, -0.25) is 4.79 Å². The molecular weight excluding hydrogens is 346 g/mol. The van der Waals surface area contributed by atoms with Crippen LogP contribution >= 0.6 is 11.8 Å². The zero-order chi connectivity index (χ0) is 18.4. The summed E-state index contributed by atoms with van der Waals surface area (Å²) < 4.78 is 1.64. The molecule has 0 atom stereocenters. The minimum atomic E-state index is -0.0259. The number of hydrogen-bond acceptors (Lipinski definition) is 5. The lowest BCUT2D eigenvalue weighted by Crippen LogP contribution is -2.27. The molecule has 0 aliphatic carbocycles. The summed E-state index contributed by atoms with van der Waals surface area (Å²) in [5, 5.41) is 15.3. The molecule has 0 radical (unpaired) electrons. The van der Waals surface area contributed by atoms with Gasteiger partial charge in [-0.15, -0.1) is 5.10 Å². The van der Waals surface area contributed by atoms with E-state index in [1.165, 1.54) is 28.5 Å². The molecule has 1 heterocycles. The first-order valence-electron chi connectivity index (χ1n) is 8.43. The number of rotatable bonds is 7. The number of tetrazole rings is 1. The summed E-state index contributed by atoms with van der Waals surface area (Å²) >= 11 is 1.33. The van der Waals surface area contributed by atoms with Gasteiger partial charge >= 0.3 is 0 Å². The zero-order valence-electron chi connectivity index (χ0n) is 14.8. The first kappa shape index (κ1) is 18.1. The molecule has 1 amide bonds. The fourth-order valence-corrected chi connectivity index (χ4v) is 3.25. The van der Waals surface area contributed by atoms with Gasteiger partial charge < -0.3 is 5.32 Å². The van der Waals surface area contributed by atoms with E-state index < -0.39 is 0 Å². The quantitative estimate of drug-likeness (QED) is 0.650. The Labute approximate surface area is 157 Å². The van der Waals surface area contributed by atoms with Crippen LogP contribution in [0.3, 0.4) is 0 Å². The monoisotopic (exact) mass is 367 g/mol. The number of nitrogens with zero attached hydrogens (tertiary/aromatic N) is 4. The van der Waals surface area contributed by atoms with Crippen molar-refractivity contribution in [3.05, 3.63) is 65.2 Å². The van der Waals surface area contributed by atoms with Crippen LogP contribution in [-0.4, -0.2) is 38.4 Å². The Kier molecular flexibility index (Phi) is 6.01. The largest absolute Gasteiger partial charge is 0.355 e. The molecule has 1 N–H and O–H groups in total. The van der Waals surface area contributed by atoms with Crippen molar-refractivity contribution in [3.8, 4) is 5.69 Å². The minimum Gasteiger partial charge on any atom is -0.355 e. The molecule has 134 valence electrons. The van der Waals surface area contributed by atoms with Crippen molar-refractivity contribution in [2.24, 2.45) is 0 Å². The first-order chi connectivity index (χ1) is 12.6. The molecule has 0 saturated heterocycles. The van der Waals surface area contributed by atoms with Gasteiger partial charge in [0.2, 0.25) is 11.1 Å². The highest BCUT2D eigenvalue weighted by atomic mass is 32.2. The fraction of sp³-hybridized carbons (Fsp3) is 0.263. The SMILES string of the molecule is Cc1ccc(-n2nnnc2SCC(=O)NCCc2ccccc2C)cc1. The maximum Gasteiger partial charge on any atom is 0.230 e. The van der Waals surface area contributed by atoms with E-state index in [9.17, 15) is 4.79 Å². The van der Waals surface area contributed by atoms with Crippen LogP contribution in [0.1, 0.15) is 16.7 Å². The Morgan fingerprint density at radius 3 is 2.65 bits per heavy atom. The topological polar surface area (TPSA) is 72.7 Å². The number of nitrogens with one attached hydrogen (secondary N) is 1. The van der Waals surface area contributed by atoms with Gasteiger partial charge in [-0.25, -0.2) is 0 Å². The van der Waals surface area contributed by atoms with Gasteiger partial charge in [-0.2, -0.15) is 4.68 Å². The predicted octanol–water partition coefficient (Wildman–Crippen LogP) is 2.73. The normalized spacial score (nSPS) is 10.7. The third kappa shape index (κ3) is 4.70. The summed E-state index contributed by atoms with van der Waals surface area (Å²) in [4.78, 5) is 12.1. The third-order valence-corrected chi connectivity index (χ3v) is 4.95. The van der Waals surface area contributed by atoms with E-state index in [1.54, 1.807) is 4.68 Å². The molecule has 0 spiro atoms. The molecule has 2 aromatic carbocycles. The molecule has 0 aliphatic heterocycles. The van der Waals surface area contributed by atoms with Gasteiger partial charge in [0.15, 0.2) is 0 Å². The van der Waals surface area contributed by atoms with Crippen LogP contribution in [0, 0.1) is 13.8 Å². The van der Waals surface area contributed by atoms with Gasteiger partial charge in [0.1, 0.15) is 0 Å². The van der Waals surface area contributed by atoms with E-state index >= 15 is 0 Å². The van der Waals surface area contributed by atoms with E-state index in [4.69, 9.17) is 0 Å². The van der Waals surface area contributed by atoms with Crippen molar-refractivity contribution in [1.82, 2.24) is 25.5 Å². The number of amides is 1. The smallest absolute Gasteiger partial charge is 0.230 e. The minimum absolute atomic E-state index is 0.0259. The van der Waals surface area contributed by atoms with Crippen LogP contribution < -0.4 is 5.32 Å². The number of benzene rings is 2. The molecule has 26 heavy (non-hydrogen) atoms. The van der Waals surface area contributed by atoms with Crippen LogP contribution in [0.15, 0.2) is 53.7 Å². The Morgan fingerprint density at radius 1 is 1.12 bits per heavy atom. The average molecular weight is 367 g/mol. The van der Waals surface area contributed by atoms with Crippen LogP contribution in [0.4, 0.5) is 0 Å². The summed E-state index contributed by atoms with van der Waals surface area (Å²) in [6.45, 7) is 4.73. The maximum absolute atomic E-state index is 12.1. The van der Waals surface area contributed by atoms with Gasteiger partial charge in [0.25, 0.3) is 0 Å². The molecule has 7 heteroatoms. The molecule has 3 aromatic rings. The lowest BCUT2D eigenvalue weighted by atomic mass is 10.1. The maximum atomic E-state index is 12.1. The molecule has 1 aromatic heterocycles. The molecule has 3 rings (SSSR count). The summed E-state index contributed by atoms with van der Waals surface area (Å²) in [6, 6.07) is 16.1. The number of aromatic nitrogens is 4. The number of carbonyl (C=O) groups is 1. The number of thioether (sulfide) groups is 1.